The highest BCUT2D eigenvalue weighted by Crippen LogP contribution is 2.45. The summed E-state index contributed by atoms with van der Waals surface area (Å²) in [5, 5.41) is 3.42. The van der Waals surface area contributed by atoms with Gasteiger partial charge in [-0.2, -0.15) is 0 Å². The summed E-state index contributed by atoms with van der Waals surface area (Å²) in [5.41, 5.74) is 3.63. The molecule has 3 aromatic carbocycles. The summed E-state index contributed by atoms with van der Waals surface area (Å²) in [7, 11) is 1.60. The maximum Gasteiger partial charge on any atom is 0.327 e. The highest BCUT2D eigenvalue weighted by molar-refractivity contribution is 6.30. The van der Waals surface area contributed by atoms with Gasteiger partial charge in [0, 0.05) is 24.1 Å². The summed E-state index contributed by atoms with van der Waals surface area (Å²) in [6, 6.07) is 20.1. The highest BCUT2D eigenvalue weighted by atomic mass is 35.5. The average molecular weight is 561 g/mol. The first-order valence-corrected chi connectivity index (χ1v) is 13.7. The predicted octanol–water partition coefficient (Wildman–Crippen LogP) is 5.89. The summed E-state index contributed by atoms with van der Waals surface area (Å²) in [6.07, 6.45) is 0.125. The lowest BCUT2D eigenvalue weighted by molar-refractivity contribution is -0.123. The van der Waals surface area contributed by atoms with E-state index >= 15 is 0 Å². The topological polar surface area (TPSA) is 83.5 Å². The molecule has 1 fully saturated rings. The monoisotopic (exact) mass is 560 g/mol. The minimum atomic E-state index is -0.449. The molecular weight excluding hydrogens is 528 g/mol. The standard InChI is InChI=1S/C31H33ClN4O4/c1-19(2)40-26-17-24(39-4)12-13-25(26)30-34-28(21-8-10-23(32)11-9-21)29(22-7-5-6-20(3)16-22)36(30)31(38)35-15-14-27(37)33-18-35/h5-13,16-17,19,28-29H,14-15,18H2,1-4H3,(H,33,37). The molecule has 2 atom stereocenters. The molecule has 0 aromatic heterocycles. The lowest BCUT2D eigenvalue weighted by Gasteiger charge is -2.36. The molecule has 2 aliphatic rings. The van der Waals surface area contributed by atoms with Gasteiger partial charge in [-0.25, -0.2) is 4.79 Å². The van der Waals surface area contributed by atoms with Crippen molar-refractivity contribution in [2.45, 2.75) is 45.4 Å². The number of nitrogens with zero attached hydrogens (tertiary/aromatic N) is 3. The molecular formula is C31H33ClN4O4. The van der Waals surface area contributed by atoms with Gasteiger partial charge in [0.2, 0.25) is 5.91 Å². The first-order chi connectivity index (χ1) is 19.2. The zero-order chi connectivity index (χ0) is 28.4. The van der Waals surface area contributed by atoms with Crippen molar-refractivity contribution < 1.29 is 19.1 Å². The molecule has 0 radical (unpaired) electrons. The molecule has 2 unspecified atom stereocenters. The second kappa shape index (κ2) is 11.6. The third-order valence-electron chi connectivity index (χ3n) is 7.01. The van der Waals surface area contributed by atoms with Crippen LogP contribution >= 0.6 is 11.6 Å². The summed E-state index contributed by atoms with van der Waals surface area (Å²) in [4.78, 5) is 34.9. The van der Waals surface area contributed by atoms with E-state index in [2.05, 4.69) is 11.4 Å². The van der Waals surface area contributed by atoms with E-state index in [9.17, 15) is 9.59 Å². The zero-order valence-corrected chi connectivity index (χ0v) is 23.8. The lowest BCUT2D eigenvalue weighted by Crippen LogP contribution is -2.53. The van der Waals surface area contributed by atoms with Gasteiger partial charge in [0.15, 0.2) is 0 Å². The number of amidine groups is 1. The molecule has 3 aromatic rings. The quantitative estimate of drug-likeness (QED) is 0.407. The zero-order valence-electron chi connectivity index (χ0n) is 23.1. The van der Waals surface area contributed by atoms with E-state index in [0.717, 1.165) is 16.7 Å². The van der Waals surface area contributed by atoms with Crippen LogP contribution in [-0.4, -0.2) is 54.0 Å². The van der Waals surface area contributed by atoms with Gasteiger partial charge in [-0.1, -0.05) is 53.6 Å². The first-order valence-electron chi connectivity index (χ1n) is 13.3. The van der Waals surface area contributed by atoms with Crippen LogP contribution in [0.15, 0.2) is 71.7 Å². The van der Waals surface area contributed by atoms with Crippen LogP contribution in [0.5, 0.6) is 11.5 Å². The molecule has 5 rings (SSSR count). The van der Waals surface area contributed by atoms with Crippen LogP contribution in [0.25, 0.3) is 0 Å². The molecule has 0 saturated carbocycles. The fourth-order valence-electron chi connectivity index (χ4n) is 5.12. The maximum atomic E-state index is 14.4. The summed E-state index contributed by atoms with van der Waals surface area (Å²) < 4.78 is 11.7. The number of hydrogen-bond donors (Lipinski definition) is 1. The number of aryl methyl sites for hydroxylation is 1. The Bertz CT molecular complexity index is 1430. The van der Waals surface area contributed by atoms with Crippen molar-refractivity contribution in [3.8, 4) is 11.5 Å². The number of methoxy groups -OCH3 is 1. The Kier molecular flexibility index (Phi) is 7.98. The Morgan fingerprint density at radius 1 is 1.07 bits per heavy atom. The van der Waals surface area contributed by atoms with Crippen LogP contribution in [0.2, 0.25) is 5.02 Å². The van der Waals surface area contributed by atoms with Crippen molar-refractivity contribution in [1.82, 2.24) is 15.1 Å². The van der Waals surface area contributed by atoms with E-state index in [-0.39, 0.29) is 31.1 Å². The van der Waals surface area contributed by atoms with E-state index in [1.165, 1.54) is 0 Å². The number of urea groups is 1. The number of amides is 3. The molecule has 0 aliphatic carbocycles. The van der Waals surface area contributed by atoms with Crippen LogP contribution in [0.3, 0.4) is 0 Å². The molecule has 0 spiro atoms. The largest absolute Gasteiger partial charge is 0.497 e. The maximum absolute atomic E-state index is 14.4. The van der Waals surface area contributed by atoms with Crippen molar-refractivity contribution in [2.24, 2.45) is 4.99 Å². The molecule has 2 heterocycles. The number of aliphatic imine (C=N–C) groups is 1. The van der Waals surface area contributed by atoms with Crippen molar-refractivity contribution in [3.63, 3.8) is 0 Å². The van der Waals surface area contributed by atoms with E-state index in [4.69, 9.17) is 26.1 Å². The summed E-state index contributed by atoms with van der Waals surface area (Å²) in [6.45, 7) is 6.38. The van der Waals surface area contributed by atoms with Gasteiger partial charge < -0.3 is 19.7 Å². The number of nitrogens with one attached hydrogen (secondary N) is 1. The van der Waals surface area contributed by atoms with Crippen molar-refractivity contribution in [2.75, 3.05) is 20.3 Å². The third kappa shape index (κ3) is 5.63. The Labute approximate surface area is 239 Å². The van der Waals surface area contributed by atoms with Gasteiger partial charge in [-0.3, -0.25) is 14.7 Å². The number of carbonyl (C=O) groups is 2. The van der Waals surface area contributed by atoms with Crippen molar-refractivity contribution in [1.29, 1.82) is 0 Å². The minimum Gasteiger partial charge on any atom is -0.497 e. The van der Waals surface area contributed by atoms with Gasteiger partial charge in [-0.15, -0.1) is 0 Å². The number of rotatable bonds is 6. The van der Waals surface area contributed by atoms with Crippen LogP contribution in [-0.2, 0) is 4.79 Å². The second-order valence-corrected chi connectivity index (χ2v) is 10.7. The van der Waals surface area contributed by atoms with Crippen LogP contribution in [0, 0.1) is 6.92 Å². The summed E-state index contributed by atoms with van der Waals surface area (Å²) >= 11 is 6.24. The first kappa shape index (κ1) is 27.5. The molecule has 208 valence electrons. The normalized spacial score (nSPS) is 18.9. The van der Waals surface area contributed by atoms with Crippen LogP contribution < -0.4 is 14.8 Å². The van der Waals surface area contributed by atoms with Gasteiger partial charge in [0.05, 0.1) is 31.5 Å². The number of halogens is 1. The average Bonchev–Trinajstić information content (AvgIpc) is 3.33. The Morgan fingerprint density at radius 2 is 1.85 bits per heavy atom. The molecule has 8 nitrogen and oxygen atoms in total. The third-order valence-corrected chi connectivity index (χ3v) is 7.26. The molecule has 40 heavy (non-hydrogen) atoms. The molecule has 2 aliphatic heterocycles. The van der Waals surface area contributed by atoms with E-state index in [0.29, 0.717) is 34.5 Å². The predicted molar refractivity (Wildman–Crippen MR) is 155 cm³/mol. The second-order valence-electron chi connectivity index (χ2n) is 10.3. The fraction of sp³-hybridized carbons (Fsp3) is 0.323. The fourth-order valence-corrected chi connectivity index (χ4v) is 5.24. The molecule has 9 heteroatoms. The number of carbonyl (C=O) groups excluding carboxylic acids is 2. The number of hydrogen-bond acceptors (Lipinski definition) is 5. The molecule has 0 bridgehead atoms. The minimum absolute atomic E-state index is 0.0728. The van der Waals surface area contributed by atoms with Crippen LogP contribution in [0.4, 0.5) is 4.79 Å². The van der Waals surface area contributed by atoms with Crippen molar-refractivity contribution >= 4 is 29.4 Å². The van der Waals surface area contributed by atoms with Gasteiger partial charge in [0.1, 0.15) is 23.4 Å². The molecule has 1 saturated heterocycles. The van der Waals surface area contributed by atoms with E-state index < -0.39 is 12.1 Å². The highest BCUT2D eigenvalue weighted by Gasteiger charge is 2.45. The summed E-state index contributed by atoms with van der Waals surface area (Å²) in [5.74, 6) is 1.62. The van der Waals surface area contributed by atoms with Gasteiger partial charge in [-0.05, 0) is 56.2 Å². The molecule has 1 N–H and O–H groups in total. The number of ether oxygens (including phenoxy) is 2. The Hall–Kier alpha value is -4.04. The van der Waals surface area contributed by atoms with E-state index in [1.807, 2.05) is 81.4 Å². The Balaban J connectivity index is 1.70. The Morgan fingerprint density at radius 3 is 2.50 bits per heavy atom. The smallest absolute Gasteiger partial charge is 0.327 e. The lowest BCUT2D eigenvalue weighted by atomic mass is 9.93. The SMILES string of the molecule is COc1ccc(C2=NC(c3ccc(Cl)cc3)C(c3cccc(C)c3)N2C(=O)N2CCC(=O)NC2)c(OC(C)C)c1. The van der Waals surface area contributed by atoms with E-state index in [1.54, 1.807) is 16.9 Å². The van der Waals surface area contributed by atoms with Gasteiger partial charge >= 0.3 is 6.03 Å². The van der Waals surface area contributed by atoms with Crippen LogP contribution in [0.1, 0.15) is 54.6 Å². The number of benzene rings is 3. The van der Waals surface area contributed by atoms with Gasteiger partial charge in [0.25, 0.3) is 0 Å². The molecule has 3 amide bonds. The van der Waals surface area contributed by atoms with Crippen molar-refractivity contribution in [3.05, 3.63) is 94.0 Å².